The monoisotopic (exact) mass is 415 g/mol. The first-order valence-corrected chi connectivity index (χ1v) is 10.2. The third-order valence-corrected chi connectivity index (χ3v) is 5.17. The van der Waals surface area contributed by atoms with Crippen molar-refractivity contribution in [1.29, 1.82) is 0 Å². The Hall–Kier alpha value is -2.97. The maximum Gasteiger partial charge on any atom is 0.410 e. The predicted molar refractivity (Wildman–Crippen MR) is 108 cm³/mol. The van der Waals surface area contributed by atoms with Crippen molar-refractivity contribution in [3.63, 3.8) is 0 Å². The van der Waals surface area contributed by atoms with E-state index in [0.717, 1.165) is 16.6 Å². The summed E-state index contributed by atoms with van der Waals surface area (Å²) >= 11 is 0. The van der Waals surface area contributed by atoms with Gasteiger partial charge in [-0.15, -0.1) is 0 Å². The van der Waals surface area contributed by atoms with Gasteiger partial charge in [0.2, 0.25) is 5.89 Å². The Bertz CT molecular complexity index is 1060. The van der Waals surface area contributed by atoms with Crippen molar-refractivity contribution < 1.29 is 18.4 Å². The zero-order valence-electron chi connectivity index (χ0n) is 17.7. The number of amides is 1. The zero-order chi connectivity index (χ0) is 21.5. The summed E-state index contributed by atoms with van der Waals surface area (Å²) < 4.78 is 26.2. The molecule has 0 N–H and O–H groups in total. The van der Waals surface area contributed by atoms with Gasteiger partial charge >= 0.3 is 6.09 Å². The second kappa shape index (κ2) is 7.70. The molecule has 4 rings (SSSR count). The van der Waals surface area contributed by atoms with E-state index in [1.165, 1.54) is 12.1 Å². The number of likely N-dealkylation sites (tertiary alicyclic amines) is 1. The van der Waals surface area contributed by atoms with Gasteiger partial charge in [-0.2, -0.15) is 14.8 Å². The Labute approximate surface area is 174 Å². The number of benzene rings is 1. The van der Waals surface area contributed by atoms with E-state index in [1.54, 1.807) is 15.6 Å². The van der Waals surface area contributed by atoms with Crippen LogP contribution in [-0.2, 0) is 11.2 Å². The molecule has 0 saturated carbocycles. The fourth-order valence-corrected chi connectivity index (χ4v) is 3.68. The van der Waals surface area contributed by atoms with Crippen LogP contribution in [0.1, 0.15) is 58.0 Å². The molecule has 1 saturated heterocycles. The van der Waals surface area contributed by atoms with Crippen LogP contribution in [0.3, 0.4) is 0 Å². The van der Waals surface area contributed by atoms with Gasteiger partial charge in [0.05, 0.1) is 11.2 Å². The summed E-state index contributed by atoms with van der Waals surface area (Å²) in [6.45, 7) is 8.68. The average molecular weight is 415 g/mol. The van der Waals surface area contributed by atoms with Gasteiger partial charge in [0.25, 0.3) is 5.95 Å². The van der Waals surface area contributed by atoms with E-state index in [4.69, 9.17) is 9.26 Å². The first-order valence-electron chi connectivity index (χ1n) is 10.2. The number of rotatable bonds is 3. The number of hydrogen-bond acceptors (Lipinski definition) is 6. The SMILES string of the molecule is CCc1nn(-c2noc(C3CCN(C(=O)OC(C)(C)C)CC3)n2)c2ccc(F)cc12. The van der Waals surface area contributed by atoms with Crippen molar-refractivity contribution in [2.45, 2.75) is 58.5 Å². The largest absolute Gasteiger partial charge is 0.444 e. The molecule has 0 atom stereocenters. The van der Waals surface area contributed by atoms with Crippen LogP contribution >= 0.6 is 0 Å². The highest BCUT2D eigenvalue weighted by Gasteiger charge is 2.30. The molecule has 1 aliphatic heterocycles. The molecule has 160 valence electrons. The van der Waals surface area contributed by atoms with Crippen LogP contribution in [0.4, 0.5) is 9.18 Å². The fourth-order valence-electron chi connectivity index (χ4n) is 3.68. The fraction of sp³-hybridized carbons (Fsp3) is 0.524. The molecule has 1 fully saturated rings. The van der Waals surface area contributed by atoms with E-state index in [1.807, 2.05) is 27.7 Å². The van der Waals surface area contributed by atoms with E-state index in [0.29, 0.717) is 44.2 Å². The molecule has 3 aromatic rings. The number of carbonyl (C=O) groups is 1. The summed E-state index contributed by atoms with van der Waals surface area (Å²) in [5, 5.41) is 9.39. The van der Waals surface area contributed by atoms with E-state index in [9.17, 15) is 9.18 Å². The van der Waals surface area contributed by atoms with Gasteiger partial charge in [-0.25, -0.2) is 9.18 Å². The summed E-state index contributed by atoms with van der Waals surface area (Å²) in [5.74, 6) is 0.616. The van der Waals surface area contributed by atoms with Crippen molar-refractivity contribution >= 4 is 17.0 Å². The first-order chi connectivity index (χ1) is 14.2. The molecular weight excluding hydrogens is 389 g/mol. The van der Waals surface area contributed by atoms with Crippen LogP contribution in [0.25, 0.3) is 16.9 Å². The standard InChI is InChI=1S/C21H26FN5O3/c1-5-16-15-12-14(22)6-7-17(15)27(24-16)19-23-18(30-25-19)13-8-10-26(11-9-13)20(28)29-21(2,3)4/h6-7,12-13H,5,8-11H2,1-4H3. The van der Waals surface area contributed by atoms with Crippen molar-refractivity contribution in [3.05, 3.63) is 35.6 Å². The van der Waals surface area contributed by atoms with Gasteiger partial charge in [-0.3, -0.25) is 0 Å². The van der Waals surface area contributed by atoms with E-state index < -0.39 is 5.60 Å². The van der Waals surface area contributed by atoms with Gasteiger partial charge in [0, 0.05) is 24.4 Å². The number of carbonyl (C=O) groups excluding carboxylic acids is 1. The lowest BCUT2D eigenvalue weighted by molar-refractivity contribution is 0.0198. The molecule has 0 spiro atoms. The van der Waals surface area contributed by atoms with E-state index >= 15 is 0 Å². The molecule has 2 aromatic heterocycles. The van der Waals surface area contributed by atoms with Crippen LogP contribution in [0, 0.1) is 5.82 Å². The van der Waals surface area contributed by atoms with Gasteiger partial charge in [-0.1, -0.05) is 6.92 Å². The average Bonchev–Trinajstić information content (AvgIpc) is 3.31. The summed E-state index contributed by atoms with van der Waals surface area (Å²) in [4.78, 5) is 18.5. The van der Waals surface area contributed by atoms with Crippen molar-refractivity contribution in [3.8, 4) is 5.95 Å². The van der Waals surface area contributed by atoms with Gasteiger partial charge < -0.3 is 14.2 Å². The molecule has 0 bridgehead atoms. The molecule has 0 aliphatic carbocycles. The highest BCUT2D eigenvalue weighted by atomic mass is 19.1. The summed E-state index contributed by atoms with van der Waals surface area (Å²) in [5.41, 5.74) is 1.00. The van der Waals surface area contributed by atoms with Gasteiger partial charge in [0.15, 0.2) is 0 Å². The topological polar surface area (TPSA) is 86.3 Å². The lowest BCUT2D eigenvalue weighted by atomic mass is 9.97. The van der Waals surface area contributed by atoms with Crippen LogP contribution in [0.5, 0.6) is 0 Å². The zero-order valence-corrected chi connectivity index (χ0v) is 17.7. The minimum Gasteiger partial charge on any atom is -0.444 e. The minimum absolute atomic E-state index is 0.0647. The first kappa shape index (κ1) is 20.3. The van der Waals surface area contributed by atoms with E-state index in [-0.39, 0.29) is 17.8 Å². The normalized spacial score (nSPS) is 15.7. The van der Waals surface area contributed by atoms with Crippen LogP contribution in [0.15, 0.2) is 22.7 Å². The third-order valence-electron chi connectivity index (χ3n) is 5.17. The molecule has 1 amide bonds. The number of nitrogens with zero attached hydrogens (tertiary/aromatic N) is 5. The molecule has 30 heavy (non-hydrogen) atoms. The quantitative estimate of drug-likeness (QED) is 0.636. The second-order valence-electron chi connectivity index (χ2n) is 8.55. The van der Waals surface area contributed by atoms with Crippen LogP contribution in [-0.4, -0.2) is 49.6 Å². The Morgan fingerprint density at radius 3 is 2.70 bits per heavy atom. The molecule has 3 heterocycles. The van der Waals surface area contributed by atoms with Gasteiger partial charge in [-0.05, 0) is 63.4 Å². The summed E-state index contributed by atoms with van der Waals surface area (Å²) in [7, 11) is 0. The van der Waals surface area contributed by atoms with Crippen LogP contribution in [0.2, 0.25) is 0 Å². The lowest BCUT2D eigenvalue weighted by Gasteiger charge is -2.32. The molecule has 9 heteroatoms. The minimum atomic E-state index is -0.512. The number of hydrogen-bond donors (Lipinski definition) is 0. The van der Waals surface area contributed by atoms with Crippen molar-refractivity contribution in [2.24, 2.45) is 0 Å². The van der Waals surface area contributed by atoms with Crippen molar-refractivity contribution in [2.75, 3.05) is 13.1 Å². The summed E-state index contributed by atoms with van der Waals surface area (Å²) in [6, 6.07) is 4.55. The number of ether oxygens (including phenoxy) is 1. The highest BCUT2D eigenvalue weighted by molar-refractivity contribution is 5.83. The molecular formula is C21H26FN5O3. The third kappa shape index (κ3) is 4.01. The molecule has 0 unspecified atom stereocenters. The van der Waals surface area contributed by atoms with Crippen molar-refractivity contribution in [1.82, 2.24) is 24.8 Å². The maximum atomic E-state index is 13.7. The number of aromatic nitrogens is 4. The Morgan fingerprint density at radius 2 is 2.03 bits per heavy atom. The smallest absolute Gasteiger partial charge is 0.410 e. The molecule has 1 aliphatic rings. The molecule has 0 radical (unpaired) electrons. The Morgan fingerprint density at radius 1 is 1.30 bits per heavy atom. The Kier molecular flexibility index (Phi) is 5.21. The number of aryl methyl sites for hydroxylation is 1. The maximum absolute atomic E-state index is 13.7. The predicted octanol–water partition coefficient (Wildman–Crippen LogP) is 4.22. The molecule has 1 aromatic carbocycles. The lowest BCUT2D eigenvalue weighted by Crippen LogP contribution is -2.41. The number of piperidine rings is 1. The number of fused-ring (bicyclic) bond motifs is 1. The summed E-state index contributed by atoms with van der Waals surface area (Å²) in [6.07, 6.45) is 1.80. The highest BCUT2D eigenvalue weighted by Crippen LogP contribution is 2.29. The van der Waals surface area contributed by atoms with E-state index in [2.05, 4.69) is 15.2 Å². The van der Waals surface area contributed by atoms with Gasteiger partial charge in [0.1, 0.15) is 11.4 Å². The Balaban J connectivity index is 1.50. The number of halogens is 1. The molecule has 8 nitrogen and oxygen atoms in total. The second-order valence-corrected chi connectivity index (χ2v) is 8.55. The van der Waals surface area contributed by atoms with Crippen LogP contribution < -0.4 is 0 Å².